The van der Waals surface area contributed by atoms with Crippen LogP contribution >= 0.6 is 0 Å². The molecule has 2 aromatic rings. The third-order valence-electron chi connectivity index (χ3n) is 8.33. The molecule has 0 radical (unpaired) electrons. The smallest absolute Gasteiger partial charge is 0.338 e. The Hall–Kier alpha value is -2.60. The van der Waals surface area contributed by atoms with Crippen molar-refractivity contribution in [2.75, 3.05) is 66.7 Å². The first kappa shape index (κ1) is 49.4. The summed E-state index contributed by atoms with van der Waals surface area (Å²) in [5.41, 5.74) is 0. The van der Waals surface area contributed by atoms with Crippen LogP contribution in [0.2, 0.25) is 0 Å². The molecule has 0 spiro atoms. The Balaban J connectivity index is 0.000000432. The summed E-state index contributed by atoms with van der Waals surface area (Å²) in [6.07, 6.45) is 8.48. The summed E-state index contributed by atoms with van der Waals surface area (Å²) in [6.45, 7) is 19.5. The zero-order valence-corrected chi connectivity index (χ0v) is 34.2. The fourth-order valence-corrected chi connectivity index (χ4v) is 5.10. The van der Waals surface area contributed by atoms with Crippen LogP contribution in [0.3, 0.4) is 0 Å². The lowest BCUT2D eigenvalue weighted by molar-refractivity contribution is -2.00. The predicted octanol–water partition coefficient (Wildman–Crippen LogP) is -3.88. The summed E-state index contributed by atoms with van der Waals surface area (Å²) in [5.74, 6) is 3.08. The largest absolute Gasteiger partial charge is 0.463 e. The van der Waals surface area contributed by atoms with Crippen LogP contribution in [0.1, 0.15) is 92.9 Å². The Morgan fingerprint density at radius 2 is 0.667 bits per heavy atom. The van der Waals surface area contributed by atoms with Crippen LogP contribution in [0.15, 0.2) is 0 Å². The maximum absolute atomic E-state index is 8.49. The summed E-state index contributed by atoms with van der Waals surface area (Å²) in [5, 5.41) is 0. The Kier molecular flexibility index (Phi) is 22.1. The molecule has 2 aliphatic rings. The van der Waals surface area contributed by atoms with Gasteiger partial charge in [-0.2, -0.15) is 0 Å². The molecule has 2 saturated heterocycles. The molecule has 0 aromatic carbocycles. The summed E-state index contributed by atoms with van der Waals surface area (Å²) >= 11 is 0. The second-order valence-electron chi connectivity index (χ2n) is 13.6. The van der Waals surface area contributed by atoms with Gasteiger partial charge < -0.3 is 18.9 Å². The molecule has 54 heavy (non-hydrogen) atoms. The fourth-order valence-electron chi connectivity index (χ4n) is 5.10. The first-order valence-corrected chi connectivity index (χ1v) is 20.6. The van der Waals surface area contributed by atoms with Gasteiger partial charge in [-0.25, -0.2) is 37.3 Å². The van der Waals surface area contributed by atoms with Gasteiger partial charge in [0.05, 0.1) is 66.7 Å². The van der Waals surface area contributed by atoms with E-state index in [0.717, 1.165) is 84.6 Å². The molecular weight excluding hydrogens is 759 g/mol. The van der Waals surface area contributed by atoms with E-state index in [9.17, 15) is 0 Å². The predicted molar refractivity (Wildman–Crippen MR) is 174 cm³/mol. The normalized spacial score (nSPS) is 22.6. The topological polar surface area (TPSA) is 299 Å². The molecule has 2 fully saturated rings. The number of halogens is 2. The van der Waals surface area contributed by atoms with Crippen molar-refractivity contribution < 1.29 is 76.7 Å². The van der Waals surface area contributed by atoms with Gasteiger partial charge in [0, 0.05) is 0 Å². The lowest BCUT2D eigenvalue weighted by Gasteiger charge is -2.36. The average Bonchev–Trinajstić information content (AvgIpc) is 3.09. The average molecular weight is 818 g/mol. The standard InChI is InChI=1S/2C16H29N4O2.2ClHO4/c2*1-5-11-21-15-17-14(18-16(19-15)22-12-6-2)20(4)9-7-13(3)8-10-20;2*2-1(3,4)5/h2*13H,5-12H2,1-4H3;2*(H,2,3,4,5)/q2*+1;;/p-2. The monoisotopic (exact) mass is 816 g/mol. The van der Waals surface area contributed by atoms with Gasteiger partial charge in [0.1, 0.15) is 0 Å². The number of piperidine rings is 2. The maximum Gasteiger partial charge on any atom is 0.338 e. The number of ether oxygens (including phenoxy) is 4. The fraction of sp³-hybridized carbons (Fsp3) is 0.812. The molecule has 4 heterocycles. The van der Waals surface area contributed by atoms with Gasteiger partial charge >= 0.3 is 35.9 Å². The summed E-state index contributed by atoms with van der Waals surface area (Å²) in [7, 11) is -5.51. The van der Waals surface area contributed by atoms with Gasteiger partial charge in [0.25, 0.3) is 0 Å². The van der Waals surface area contributed by atoms with E-state index in [0.29, 0.717) is 50.5 Å². The van der Waals surface area contributed by atoms with E-state index < -0.39 is 20.5 Å². The third-order valence-corrected chi connectivity index (χ3v) is 8.33. The molecule has 0 unspecified atom stereocenters. The maximum atomic E-state index is 8.49. The van der Waals surface area contributed by atoms with Crippen LogP contribution in [0.4, 0.5) is 11.9 Å². The highest BCUT2D eigenvalue weighted by atomic mass is 35.7. The van der Waals surface area contributed by atoms with Crippen molar-refractivity contribution in [2.45, 2.75) is 92.9 Å². The molecule has 4 rings (SSSR count). The van der Waals surface area contributed by atoms with Gasteiger partial charge in [-0.3, -0.25) is 8.97 Å². The Labute approximate surface area is 322 Å². The first-order valence-electron chi connectivity index (χ1n) is 18.1. The Morgan fingerprint density at radius 3 is 0.852 bits per heavy atom. The number of hydrogen-bond acceptors (Lipinski definition) is 18. The van der Waals surface area contributed by atoms with Crippen LogP contribution < -0.4 is 65.2 Å². The number of nitrogens with zero attached hydrogens (tertiary/aromatic N) is 8. The van der Waals surface area contributed by atoms with Crippen molar-refractivity contribution in [3.05, 3.63) is 0 Å². The van der Waals surface area contributed by atoms with E-state index in [2.05, 4.69) is 85.5 Å². The molecule has 312 valence electrons. The third kappa shape index (κ3) is 21.5. The number of rotatable bonds is 14. The molecule has 22 heteroatoms. The van der Waals surface area contributed by atoms with Crippen LogP contribution in [0, 0.1) is 32.3 Å². The number of likely N-dealkylation sites (tertiary alicyclic amines) is 2. The molecule has 0 aliphatic carbocycles. The van der Waals surface area contributed by atoms with Gasteiger partial charge in [0.15, 0.2) is 0 Å². The molecule has 0 bridgehead atoms. The van der Waals surface area contributed by atoms with Crippen molar-refractivity contribution >= 4 is 11.9 Å². The van der Waals surface area contributed by atoms with Crippen molar-refractivity contribution in [3.63, 3.8) is 0 Å². The minimum Gasteiger partial charge on any atom is -0.463 e. The van der Waals surface area contributed by atoms with Gasteiger partial charge in [-0.15, -0.1) is 50.4 Å². The highest BCUT2D eigenvalue weighted by Crippen LogP contribution is 2.29. The lowest BCUT2D eigenvalue weighted by Crippen LogP contribution is -2.68. The van der Waals surface area contributed by atoms with Crippen LogP contribution in [-0.4, -0.2) is 96.6 Å². The van der Waals surface area contributed by atoms with Crippen molar-refractivity contribution in [1.82, 2.24) is 38.9 Å². The minimum atomic E-state index is -4.94. The summed E-state index contributed by atoms with van der Waals surface area (Å²) in [4.78, 5) is 26.7. The molecule has 0 atom stereocenters. The summed E-state index contributed by atoms with van der Waals surface area (Å²) < 4.78 is 91.9. The van der Waals surface area contributed by atoms with E-state index >= 15 is 0 Å². The Morgan fingerprint density at radius 1 is 0.463 bits per heavy atom. The molecule has 0 amide bonds. The molecule has 0 saturated carbocycles. The molecular formula is C32H58Cl2N8O12. The molecule has 0 N–H and O–H groups in total. The van der Waals surface area contributed by atoms with Crippen LogP contribution in [-0.2, 0) is 0 Å². The highest BCUT2D eigenvalue weighted by Gasteiger charge is 2.36. The van der Waals surface area contributed by atoms with E-state index in [1.54, 1.807) is 0 Å². The first-order chi connectivity index (χ1) is 25.1. The number of quaternary nitrogens is 2. The van der Waals surface area contributed by atoms with E-state index in [1.807, 2.05) is 0 Å². The second kappa shape index (κ2) is 24.1. The Bertz CT molecular complexity index is 1160. The van der Waals surface area contributed by atoms with Crippen LogP contribution in [0.5, 0.6) is 24.0 Å². The second-order valence-corrected chi connectivity index (χ2v) is 15.1. The summed E-state index contributed by atoms with van der Waals surface area (Å²) in [6, 6.07) is 1.54. The highest BCUT2D eigenvalue weighted by molar-refractivity contribution is 5.29. The van der Waals surface area contributed by atoms with E-state index in [-0.39, 0.29) is 0 Å². The zero-order valence-electron chi connectivity index (χ0n) is 32.7. The van der Waals surface area contributed by atoms with Gasteiger partial charge in [-0.1, -0.05) is 41.5 Å². The molecule has 2 aliphatic heterocycles. The van der Waals surface area contributed by atoms with Crippen molar-refractivity contribution in [3.8, 4) is 24.0 Å². The SMILES string of the molecule is CCCOc1nc(OCCC)nc([N+]2(C)CCC(C)CC2)n1.CCCOc1nc(OCCC)nc([N+]2(C)CCC(C)CC2)n1.[O-][Cl+3]([O-])([O-])[O-].[O-][Cl+3]([O-])([O-])[O-]. The van der Waals surface area contributed by atoms with E-state index in [1.165, 1.54) is 25.7 Å². The van der Waals surface area contributed by atoms with Gasteiger partial charge in [0.2, 0.25) is 0 Å². The minimum absolute atomic E-state index is 0.385. The van der Waals surface area contributed by atoms with Crippen molar-refractivity contribution in [1.29, 1.82) is 0 Å². The van der Waals surface area contributed by atoms with Gasteiger partial charge in [-0.05, 0) is 63.2 Å². The number of hydrogen-bond donors (Lipinski definition) is 0. The molecule has 2 aromatic heterocycles. The molecule has 20 nitrogen and oxygen atoms in total. The zero-order chi connectivity index (χ0) is 41.0. The lowest BCUT2D eigenvalue weighted by atomic mass is 9.98. The quantitative estimate of drug-likeness (QED) is 0.165. The number of aromatic nitrogens is 6. The van der Waals surface area contributed by atoms with Crippen LogP contribution in [0.25, 0.3) is 0 Å². The van der Waals surface area contributed by atoms with E-state index in [4.69, 9.17) is 56.2 Å². The van der Waals surface area contributed by atoms with Crippen molar-refractivity contribution in [2.24, 2.45) is 11.8 Å².